The van der Waals surface area contributed by atoms with Crippen molar-refractivity contribution in [1.29, 1.82) is 0 Å². The second-order valence-corrected chi connectivity index (χ2v) is 7.49. The number of hydrogen-bond donors (Lipinski definition) is 1. The summed E-state index contributed by atoms with van der Waals surface area (Å²) in [5, 5.41) is 4.79. The Hall–Kier alpha value is -1.43. The molecule has 3 aliphatic rings. The Kier molecular flexibility index (Phi) is 3.87. The van der Waals surface area contributed by atoms with Crippen molar-refractivity contribution in [1.82, 2.24) is 14.8 Å². The number of carbonyl (C=O) groups is 1. The van der Waals surface area contributed by atoms with Crippen molar-refractivity contribution >= 4 is 5.91 Å². The maximum Gasteiger partial charge on any atom is 0.231 e. The molecule has 2 N–H and O–H groups in total. The van der Waals surface area contributed by atoms with Gasteiger partial charge in [0.15, 0.2) is 5.82 Å². The first-order valence-corrected chi connectivity index (χ1v) is 9.02. The van der Waals surface area contributed by atoms with Crippen LogP contribution in [0.3, 0.4) is 0 Å². The minimum Gasteiger partial charge on any atom is -0.381 e. The summed E-state index contributed by atoms with van der Waals surface area (Å²) in [6.45, 7) is 2.35. The molecular weight excluding hydrogens is 292 g/mol. The molecule has 2 heterocycles. The zero-order valence-corrected chi connectivity index (χ0v) is 13.7. The molecule has 6 heteroatoms. The Morgan fingerprint density at radius 1 is 1.26 bits per heavy atom. The van der Waals surface area contributed by atoms with Crippen molar-refractivity contribution in [3.05, 3.63) is 11.6 Å². The summed E-state index contributed by atoms with van der Waals surface area (Å²) in [6, 6.07) is 0. The van der Waals surface area contributed by atoms with E-state index in [9.17, 15) is 4.79 Å². The molecule has 23 heavy (non-hydrogen) atoms. The van der Waals surface area contributed by atoms with Gasteiger partial charge in [0, 0.05) is 19.1 Å². The zero-order valence-electron chi connectivity index (χ0n) is 13.7. The molecule has 6 nitrogen and oxygen atoms in total. The van der Waals surface area contributed by atoms with Gasteiger partial charge in [0.2, 0.25) is 5.91 Å². The fourth-order valence-electron chi connectivity index (χ4n) is 4.07. The molecule has 2 saturated carbocycles. The number of amides is 1. The lowest BCUT2D eigenvalue weighted by Gasteiger charge is -2.22. The Labute approximate surface area is 136 Å². The number of rotatable bonds is 5. The molecule has 1 saturated heterocycles. The fourth-order valence-corrected chi connectivity index (χ4v) is 4.07. The van der Waals surface area contributed by atoms with Crippen molar-refractivity contribution in [2.45, 2.75) is 69.2 Å². The van der Waals surface area contributed by atoms with E-state index >= 15 is 0 Å². The summed E-state index contributed by atoms with van der Waals surface area (Å²) >= 11 is 0. The number of nitrogens with zero attached hydrogens (tertiary/aromatic N) is 3. The first-order valence-electron chi connectivity index (χ1n) is 9.02. The quantitative estimate of drug-likeness (QED) is 0.898. The minimum atomic E-state index is -0.556. The predicted molar refractivity (Wildman–Crippen MR) is 84.9 cm³/mol. The average Bonchev–Trinajstić information content (AvgIpc) is 2.99. The summed E-state index contributed by atoms with van der Waals surface area (Å²) in [5.41, 5.74) is 5.13. The molecule has 1 amide bonds. The largest absolute Gasteiger partial charge is 0.381 e. The highest BCUT2D eigenvalue weighted by Gasteiger charge is 2.54. The van der Waals surface area contributed by atoms with Crippen LogP contribution in [0.25, 0.3) is 0 Å². The summed E-state index contributed by atoms with van der Waals surface area (Å²) in [5.74, 6) is 2.34. The third-order valence-electron chi connectivity index (χ3n) is 5.79. The molecular formula is C17H26N4O2. The lowest BCUT2D eigenvalue weighted by atomic mass is 9.89. The highest BCUT2D eigenvalue weighted by molar-refractivity contribution is 5.88. The molecule has 0 radical (unpaired) electrons. The standard InChI is InChI=1S/C17H26N4O2/c18-15(22)17(7-8-17)16-19-14(13-6-9-23-11-13)20-21(16)10-12-4-2-1-3-5-12/h12-13H,1-11H2,(H2,18,22)/t13-/m1/s1. The van der Waals surface area contributed by atoms with Crippen LogP contribution in [0.2, 0.25) is 0 Å². The molecule has 126 valence electrons. The predicted octanol–water partition coefficient (Wildman–Crippen LogP) is 1.88. The van der Waals surface area contributed by atoms with Crippen LogP contribution in [0, 0.1) is 5.92 Å². The van der Waals surface area contributed by atoms with Crippen LogP contribution in [-0.4, -0.2) is 33.9 Å². The van der Waals surface area contributed by atoms with Crippen molar-refractivity contribution in [2.24, 2.45) is 11.7 Å². The molecule has 2 aliphatic carbocycles. The molecule has 3 fully saturated rings. The van der Waals surface area contributed by atoms with Gasteiger partial charge in [0.25, 0.3) is 0 Å². The second kappa shape index (κ2) is 5.89. The van der Waals surface area contributed by atoms with Crippen LogP contribution in [0.1, 0.15) is 68.9 Å². The van der Waals surface area contributed by atoms with Crippen LogP contribution in [-0.2, 0) is 21.5 Å². The van der Waals surface area contributed by atoms with Gasteiger partial charge < -0.3 is 10.5 Å². The van der Waals surface area contributed by atoms with Gasteiger partial charge in [0.05, 0.1) is 6.61 Å². The summed E-state index contributed by atoms with van der Waals surface area (Å²) in [6.07, 6.45) is 9.05. The molecule has 1 aromatic heterocycles. The third kappa shape index (κ3) is 2.77. The van der Waals surface area contributed by atoms with E-state index in [0.29, 0.717) is 12.5 Å². The Morgan fingerprint density at radius 2 is 2.04 bits per heavy atom. The zero-order chi connectivity index (χ0) is 15.9. The van der Waals surface area contributed by atoms with Gasteiger partial charge in [-0.2, -0.15) is 5.10 Å². The first kappa shape index (κ1) is 15.1. The van der Waals surface area contributed by atoms with E-state index in [1.54, 1.807) is 0 Å². The van der Waals surface area contributed by atoms with Gasteiger partial charge in [-0.25, -0.2) is 9.67 Å². The molecule has 0 bridgehead atoms. The number of hydrogen-bond acceptors (Lipinski definition) is 4. The minimum absolute atomic E-state index is 0.246. The number of aromatic nitrogens is 3. The number of carbonyl (C=O) groups excluding carboxylic acids is 1. The van der Waals surface area contributed by atoms with Crippen LogP contribution in [0.5, 0.6) is 0 Å². The SMILES string of the molecule is NC(=O)C1(c2nc([C@@H]3CCOC3)nn2CC2CCCCC2)CC1. The van der Waals surface area contributed by atoms with E-state index in [-0.39, 0.29) is 11.8 Å². The number of ether oxygens (including phenoxy) is 1. The molecule has 0 aromatic carbocycles. The molecule has 1 atom stereocenters. The monoisotopic (exact) mass is 318 g/mol. The maximum absolute atomic E-state index is 12.0. The number of primary amides is 1. The molecule has 0 spiro atoms. The molecule has 4 rings (SSSR count). The maximum atomic E-state index is 12.0. The first-order chi connectivity index (χ1) is 11.2. The smallest absolute Gasteiger partial charge is 0.231 e. The highest BCUT2D eigenvalue weighted by Crippen LogP contribution is 2.47. The van der Waals surface area contributed by atoms with E-state index in [1.165, 1.54) is 32.1 Å². The van der Waals surface area contributed by atoms with Crippen LogP contribution >= 0.6 is 0 Å². The number of nitrogens with two attached hydrogens (primary N) is 1. The van der Waals surface area contributed by atoms with Crippen molar-refractivity contribution in [3.63, 3.8) is 0 Å². The fraction of sp³-hybridized carbons (Fsp3) is 0.824. The topological polar surface area (TPSA) is 83.0 Å². The normalized spacial score (nSPS) is 27.2. The van der Waals surface area contributed by atoms with Crippen LogP contribution in [0.4, 0.5) is 0 Å². The highest BCUT2D eigenvalue weighted by atomic mass is 16.5. The van der Waals surface area contributed by atoms with Gasteiger partial charge in [-0.1, -0.05) is 19.3 Å². The summed E-state index contributed by atoms with van der Waals surface area (Å²) < 4.78 is 7.49. The van der Waals surface area contributed by atoms with Gasteiger partial charge in [-0.3, -0.25) is 4.79 Å². The van der Waals surface area contributed by atoms with E-state index in [4.69, 9.17) is 20.6 Å². The van der Waals surface area contributed by atoms with E-state index < -0.39 is 5.41 Å². The van der Waals surface area contributed by atoms with E-state index in [2.05, 4.69) is 0 Å². The average molecular weight is 318 g/mol. The lowest BCUT2D eigenvalue weighted by molar-refractivity contribution is -0.120. The van der Waals surface area contributed by atoms with Gasteiger partial charge in [-0.05, 0) is 38.0 Å². The molecule has 1 aromatic rings. The Bertz CT molecular complexity index is 581. The second-order valence-electron chi connectivity index (χ2n) is 7.49. The summed E-state index contributed by atoms with van der Waals surface area (Å²) in [4.78, 5) is 16.8. The van der Waals surface area contributed by atoms with Crippen molar-refractivity contribution in [3.8, 4) is 0 Å². The lowest BCUT2D eigenvalue weighted by Crippen LogP contribution is -2.32. The molecule has 0 unspecified atom stereocenters. The van der Waals surface area contributed by atoms with Crippen LogP contribution < -0.4 is 5.73 Å². The molecule has 1 aliphatic heterocycles. The van der Waals surface area contributed by atoms with Crippen LogP contribution in [0.15, 0.2) is 0 Å². The van der Waals surface area contributed by atoms with Crippen molar-refractivity contribution < 1.29 is 9.53 Å². The van der Waals surface area contributed by atoms with Gasteiger partial charge in [0.1, 0.15) is 11.2 Å². The summed E-state index contributed by atoms with van der Waals surface area (Å²) in [7, 11) is 0. The van der Waals surface area contributed by atoms with Crippen molar-refractivity contribution in [2.75, 3.05) is 13.2 Å². The Balaban J connectivity index is 1.63. The van der Waals surface area contributed by atoms with E-state index in [1.807, 2.05) is 4.68 Å². The third-order valence-corrected chi connectivity index (χ3v) is 5.79. The van der Waals surface area contributed by atoms with Gasteiger partial charge >= 0.3 is 0 Å². The van der Waals surface area contributed by atoms with E-state index in [0.717, 1.165) is 44.1 Å². The van der Waals surface area contributed by atoms with Gasteiger partial charge in [-0.15, -0.1) is 0 Å². The Morgan fingerprint density at radius 3 is 2.65 bits per heavy atom.